The molecule has 0 atom stereocenters. The Hall–Kier alpha value is -4.41. The molecule has 0 bridgehead atoms. The van der Waals surface area contributed by atoms with Crippen molar-refractivity contribution in [3.63, 3.8) is 0 Å². The molecular formula is C22H18F3N7O. The Labute approximate surface area is 186 Å². The van der Waals surface area contributed by atoms with Gasteiger partial charge in [-0.2, -0.15) is 18.3 Å². The summed E-state index contributed by atoms with van der Waals surface area (Å²) in [6, 6.07) is 14.1. The van der Waals surface area contributed by atoms with Gasteiger partial charge in [0, 0.05) is 29.8 Å². The summed E-state index contributed by atoms with van der Waals surface area (Å²) in [6.07, 6.45) is -1.16. The second-order valence-electron chi connectivity index (χ2n) is 6.93. The largest absolute Gasteiger partial charge is 0.418 e. The van der Waals surface area contributed by atoms with E-state index in [-0.39, 0.29) is 5.69 Å². The summed E-state index contributed by atoms with van der Waals surface area (Å²) >= 11 is 0. The number of carbonyl (C=O) groups is 1. The maximum Gasteiger partial charge on any atom is 0.418 e. The van der Waals surface area contributed by atoms with Crippen molar-refractivity contribution in [1.29, 1.82) is 0 Å². The van der Waals surface area contributed by atoms with Crippen LogP contribution in [0.1, 0.15) is 11.4 Å². The summed E-state index contributed by atoms with van der Waals surface area (Å²) in [5.41, 5.74) is -0.159. The average molecular weight is 453 g/mol. The maximum absolute atomic E-state index is 13.1. The van der Waals surface area contributed by atoms with Crippen LogP contribution in [0.5, 0.6) is 0 Å². The number of amides is 2. The first kappa shape index (κ1) is 21.8. The lowest BCUT2D eigenvalue weighted by atomic mass is 10.1. The highest BCUT2D eigenvalue weighted by atomic mass is 19.4. The first-order valence-corrected chi connectivity index (χ1v) is 9.75. The Morgan fingerprint density at radius 3 is 2.36 bits per heavy atom. The Morgan fingerprint density at radius 2 is 1.67 bits per heavy atom. The van der Waals surface area contributed by atoms with Crippen LogP contribution in [0.3, 0.4) is 0 Å². The fourth-order valence-corrected chi connectivity index (χ4v) is 3.05. The normalized spacial score (nSPS) is 11.2. The molecule has 4 aromatic rings. The topological polar surface area (TPSA) is 96.8 Å². The number of benzene rings is 2. The fraction of sp³-hybridized carbons (Fsp3) is 0.0909. The third kappa shape index (κ3) is 5.45. The first-order chi connectivity index (χ1) is 15.8. The Morgan fingerprint density at radius 1 is 0.939 bits per heavy atom. The third-order valence-corrected chi connectivity index (χ3v) is 4.46. The standard InChI is InChI=1S/C22H18F3N7O/c1-14-27-19(13-20(28-14)32-12-4-11-26-32)29-15-7-9-16(10-8-15)30-21(33)31-18-6-3-2-5-17(18)22(23,24)25/h2-13H,1H3,(H,27,28,29)(H2,30,31,33). The zero-order chi connectivity index (χ0) is 23.4. The molecule has 3 N–H and O–H groups in total. The van der Waals surface area contributed by atoms with Gasteiger partial charge in [-0.05, 0) is 49.4 Å². The highest BCUT2D eigenvalue weighted by Gasteiger charge is 2.33. The van der Waals surface area contributed by atoms with Crippen LogP contribution in [-0.2, 0) is 6.18 Å². The van der Waals surface area contributed by atoms with Gasteiger partial charge in [0.1, 0.15) is 11.6 Å². The lowest BCUT2D eigenvalue weighted by Crippen LogP contribution is -2.21. The summed E-state index contributed by atoms with van der Waals surface area (Å²) in [6.45, 7) is 1.76. The number of aryl methyl sites for hydroxylation is 1. The number of nitrogens with zero attached hydrogens (tertiary/aromatic N) is 4. The molecule has 0 aliphatic heterocycles. The molecule has 0 saturated heterocycles. The number of carbonyl (C=O) groups excluding carboxylic acids is 1. The highest BCUT2D eigenvalue weighted by molar-refractivity contribution is 6.00. The van der Waals surface area contributed by atoms with Gasteiger partial charge in [-0.25, -0.2) is 19.4 Å². The number of alkyl halides is 3. The van der Waals surface area contributed by atoms with Crippen LogP contribution < -0.4 is 16.0 Å². The van der Waals surface area contributed by atoms with Crippen molar-refractivity contribution in [2.75, 3.05) is 16.0 Å². The summed E-state index contributed by atoms with van der Waals surface area (Å²) < 4.78 is 40.9. The minimum atomic E-state index is -4.58. The predicted octanol–water partition coefficient (Wildman–Crippen LogP) is 5.38. The van der Waals surface area contributed by atoms with Gasteiger partial charge in [0.2, 0.25) is 0 Å². The molecule has 2 aromatic heterocycles. The van der Waals surface area contributed by atoms with Crippen molar-refractivity contribution in [1.82, 2.24) is 19.7 Å². The predicted molar refractivity (Wildman–Crippen MR) is 118 cm³/mol. The SMILES string of the molecule is Cc1nc(Nc2ccc(NC(=O)Nc3ccccc3C(F)(F)F)cc2)cc(-n2cccn2)n1. The number of halogens is 3. The second kappa shape index (κ2) is 8.99. The van der Waals surface area contributed by atoms with E-state index in [0.29, 0.717) is 28.8 Å². The first-order valence-electron chi connectivity index (χ1n) is 9.75. The minimum absolute atomic E-state index is 0.326. The highest BCUT2D eigenvalue weighted by Crippen LogP contribution is 2.34. The molecule has 0 unspecified atom stereocenters. The van der Waals surface area contributed by atoms with E-state index in [0.717, 1.165) is 6.07 Å². The van der Waals surface area contributed by atoms with E-state index in [1.807, 2.05) is 0 Å². The van der Waals surface area contributed by atoms with Crippen molar-refractivity contribution < 1.29 is 18.0 Å². The third-order valence-electron chi connectivity index (χ3n) is 4.46. The lowest BCUT2D eigenvalue weighted by Gasteiger charge is -2.14. The van der Waals surface area contributed by atoms with Gasteiger partial charge in [-0.15, -0.1) is 0 Å². The number of anilines is 4. The molecule has 0 fully saturated rings. The zero-order valence-corrected chi connectivity index (χ0v) is 17.3. The molecule has 0 spiro atoms. The van der Waals surface area contributed by atoms with Crippen LogP contribution in [0.15, 0.2) is 73.1 Å². The summed E-state index contributed by atoms with van der Waals surface area (Å²) in [5, 5.41) is 12.0. The molecular weight excluding hydrogens is 435 g/mol. The Kier molecular flexibility index (Phi) is 5.94. The van der Waals surface area contributed by atoms with E-state index in [9.17, 15) is 18.0 Å². The van der Waals surface area contributed by atoms with E-state index >= 15 is 0 Å². The minimum Gasteiger partial charge on any atom is -0.340 e. The molecule has 2 aromatic carbocycles. The molecule has 0 aliphatic carbocycles. The maximum atomic E-state index is 13.1. The second-order valence-corrected chi connectivity index (χ2v) is 6.93. The van der Waals surface area contributed by atoms with Crippen LogP contribution in [0.25, 0.3) is 5.82 Å². The van der Waals surface area contributed by atoms with E-state index in [1.54, 1.807) is 60.4 Å². The Bertz CT molecular complexity index is 1260. The molecule has 8 nitrogen and oxygen atoms in total. The van der Waals surface area contributed by atoms with Gasteiger partial charge in [0.15, 0.2) is 5.82 Å². The van der Waals surface area contributed by atoms with Crippen molar-refractivity contribution in [2.24, 2.45) is 0 Å². The van der Waals surface area contributed by atoms with Crippen molar-refractivity contribution >= 4 is 28.9 Å². The number of para-hydroxylation sites is 1. The van der Waals surface area contributed by atoms with E-state index in [2.05, 4.69) is 31.0 Å². The van der Waals surface area contributed by atoms with Crippen LogP contribution in [0.2, 0.25) is 0 Å². The fourth-order valence-electron chi connectivity index (χ4n) is 3.05. The van der Waals surface area contributed by atoms with Gasteiger partial charge < -0.3 is 16.0 Å². The molecule has 11 heteroatoms. The molecule has 168 valence electrons. The van der Waals surface area contributed by atoms with E-state index in [4.69, 9.17) is 0 Å². The van der Waals surface area contributed by atoms with Crippen LogP contribution in [-0.4, -0.2) is 25.8 Å². The van der Waals surface area contributed by atoms with Crippen LogP contribution in [0, 0.1) is 6.92 Å². The molecule has 33 heavy (non-hydrogen) atoms. The quantitative estimate of drug-likeness (QED) is 0.377. The Balaban J connectivity index is 1.42. The van der Waals surface area contributed by atoms with Crippen molar-refractivity contribution in [3.8, 4) is 5.82 Å². The smallest absolute Gasteiger partial charge is 0.340 e. The number of hydrogen-bond acceptors (Lipinski definition) is 5. The number of nitrogens with one attached hydrogen (secondary N) is 3. The van der Waals surface area contributed by atoms with Gasteiger partial charge in [0.05, 0.1) is 11.3 Å². The van der Waals surface area contributed by atoms with Gasteiger partial charge >= 0.3 is 12.2 Å². The van der Waals surface area contributed by atoms with E-state index < -0.39 is 17.8 Å². The van der Waals surface area contributed by atoms with Crippen molar-refractivity contribution in [2.45, 2.75) is 13.1 Å². The van der Waals surface area contributed by atoms with Gasteiger partial charge in [0.25, 0.3) is 0 Å². The van der Waals surface area contributed by atoms with E-state index in [1.165, 1.54) is 18.2 Å². The summed E-state index contributed by atoms with van der Waals surface area (Å²) in [5.74, 6) is 1.71. The number of hydrogen-bond donors (Lipinski definition) is 3. The lowest BCUT2D eigenvalue weighted by molar-refractivity contribution is -0.136. The molecule has 2 heterocycles. The zero-order valence-electron chi connectivity index (χ0n) is 17.3. The number of urea groups is 1. The molecule has 0 aliphatic rings. The molecule has 2 amide bonds. The average Bonchev–Trinajstić information content (AvgIpc) is 3.29. The number of aromatic nitrogens is 4. The number of rotatable bonds is 5. The van der Waals surface area contributed by atoms with Gasteiger partial charge in [-0.1, -0.05) is 12.1 Å². The van der Waals surface area contributed by atoms with Crippen LogP contribution >= 0.6 is 0 Å². The van der Waals surface area contributed by atoms with Crippen molar-refractivity contribution in [3.05, 3.63) is 84.4 Å². The molecule has 0 radical (unpaired) electrons. The van der Waals surface area contributed by atoms with Crippen LogP contribution in [0.4, 0.5) is 40.8 Å². The summed E-state index contributed by atoms with van der Waals surface area (Å²) in [7, 11) is 0. The summed E-state index contributed by atoms with van der Waals surface area (Å²) in [4.78, 5) is 20.9. The van der Waals surface area contributed by atoms with Gasteiger partial charge in [-0.3, -0.25) is 0 Å². The molecule has 4 rings (SSSR count). The molecule has 0 saturated carbocycles. The monoisotopic (exact) mass is 453 g/mol.